The van der Waals surface area contributed by atoms with Gasteiger partial charge in [0.1, 0.15) is 29.3 Å². The van der Waals surface area contributed by atoms with Gasteiger partial charge in [-0.05, 0) is 84.0 Å². The van der Waals surface area contributed by atoms with Gasteiger partial charge in [0.2, 0.25) is 0 Å². The van der Waals surface area contributed by atoms with Crippen molar-refractivity contribution in [2.24, 2.45) is 0 Å². The van der Waals surface area contributed by atoms with Crippen LogP contribution in [0, 0.1) is 0 Å². The quantitative estimate of drug-likeness (QED) is 0.0817. The Bertz CT molecular complexity index is 1710. The van der Waals surface area contributed by atoms with Crippen molar-refractivity contribution < 1.29 is 46.3 Å². The number of benzene rings is 3. The second-order valence-corrected chi connectivity index (χ2v) is 15.6. The number of aromatic nitrogens is 1. The molecule has 0 bridgehead atoms. The van der Waals surface area contributed by atoms with E-state index in [0.717, 1.165) is 0 Å². The van der Waals surface area contributed by atoms with Crippen LogP contribution in [-0.4, -0.2) is 41.2 Å². The second kappa shape index (κ2) is 20.2. The van der Waals surface area contributed by atoms with Crippen LogP contribution in [0.3, 0.4) is 0 Å². The lowest BCUT2D eigenvalue weighted by Crippen LogP contribution is -2.36. The highest BCUT2D eigenvalue weighted by Crippen LogP contribution is 2.46. The maximum Gasteiger partial charge on any atom is 0.513 e. The molecule has 4 atom stereocenters. The zero-order chi connectivity index (χ0) is 38.3. The van der Waals surface area contributed by atoms with E-state index in [4.69, 9.17) is 50.8 Å². The standard InChI is InChI=1S/C18H21ClNO5P.C17H20ClN2O5P/c1-13(2)23-18(21)14(3)20-26(22,24-16-9-5-4-6-10-16)25-17-11-7-8-15(19)12-17;1-12(2)23-17(21)13(3)20-26(22,24-15-7-5-4-6-8-15)25-16-9-14(18)10-19-11-16/h4-14H,1-3H3,(H,20,22);4-13H,1-3H3,(H,20,22)/t14-,26-;13-,26-/m10/s1. The zero-order valence-corrected chi connectivity index (χ0v) is 32.6. The van der Waals surface area contributed by atoms with E-state index in [9.17, 15) is 18.7 Å². The topological polar surface area (TPSA) is 161 Å². The minimum Gasteiger partial charge on any atom is -0.462 e. The van der Waals surface area contributed by atoms with Gasteiger partial charge in [-0.25, -0.2) is 9.13 Å². The van der Waals surface area contributed by atoms with Crippen LogP contribution in [0.5, 0.6) is 23.0 Å². The lowest BCUT2D eigenvalue weighted by Gasteiger charge is -2.23. The van der Waals surface area contributed by atoms with Gasteiger partial charge in [0.15, 0.2) is 5.75 Å². The van der Waals surface area contributed by atoms with Gasteiger partial charge in [-0.15, -0.1) is 0 Å². The molecule has 0 amide bonds. The fraction of sp³-hybridized carbons (Fsp3) is 0.286. The molecule has 4 rings (SSSR count). The Hall–Kier alpha value is -4.09. The van der Waals surface area contributed by atoms with E-state index in [1.165, 1.54) is 38.4 Å². The third kappa shape index (κ3) is 15.3. The summed E-state index contributed by atoms with van der Waals surface area (Å²) in [5.74, 6) is -0.129. The predicted molar refractivity (Wildman–Crippen MR) is 199 cm³/mol. The Balaban J connectivity index is 0.000000280. The Morgan fingerprint density at radius 1 is 0.558 bits per heavy atom. The lowest BCUT2D eigenvalue weighted by molar-refractivity contribution is -0.149. The summed E-state index contributed by atoms with van der Waals surface area (Å²) in [5.41, 5.74) is 0. The SMILES string of the molecule is CC(C)OC(=O)[C@@H](C)N[P@@](=O)(Oc1ccccc1)Oc1cccc(Cl)c1.CC(C)OC(=O)[C@H](C)N[P@](=O)(Oc1ccccc1)Oc1cncc(Cl)c1. The number of carbonyl (C=O) groups is 2. The van der Waals surface area contributed by atoms with Crippen LogP contribution in [-0.2, 0) is 28.2 Å². The van der Waals surface area contributed by atoms with Crippen LogP contribution in [0.25, 0.3) is 0 Å². The van der Waals surface area contributed by atoms with Gasteiger partial charge < -0.3 is 27.6 Å². The molecular weight excluding hydrogens is 755 g/mol. The Morgan fingerprint density at radius 2 is 0.962 bits per heavy atom. The molecule has 0 saturated carbocycles. The van der Waals surface area contributed by atoms with E-state index in [1.54, 1.807) is 107 Å². The normalized spacial score (nSPS) is 14.3. The van der Waals surface area contributed by atoms with Crippen molar-refractivity contribution in [3.05, 3.63) is 113 Å². The minimum absolute atomic E-state index is 0.133. The van der Waals surface area contributed by atoms with Gasteiger partial charge in [-0.3, -0.25) is 14.6 Å². The summed E-state index contributed by atoms with van der Waals surface area (Å²) >= 11 is 11.8. The van der Waals surface area contributed by atoms with Crippen molar-refractivity contribution in [3.63, 3.8) is 0 Å². The smallest absolute Gasteiger partial charge is 0.462 e. The minimum atomic E-state index is -3.99. The first-order valence-corrected chi connectivity index (χ1v) is 19.8. The van der Waals surface area contributed by atoms with Gasteiger partial charge in [-0.1, -0.05) is 65.7 Å². The molecule has 52 heavy (non-hydrogen) atoms. The molecule has 0 radical (unpaired) electrons. The van der Waals surface area contributed by atoms with Crippen molar-refractivity contribution in [2.75, 3.05) is 0 Å². The number of para-hydroxylation sites is 2. The van der Waals surface area contributed by atoms with Crippen molar-refractivity contribution in [3.8, 4) is 23.0 Å². The maximum atomic E-state index is 13.3. The van der Waals surface area contributed by atoms with E-state index in [0.29, 0.717) is 21.5 Å². The zero-order valence-electron chi connectivity index (χ0n) is 29.3. The first kappa shape index (κ1) is 42.3. The summed E-state index contributed by atoms with van der Waals surface area (Å²) in [6.07, 6.45) is 2.15. The highest BCUT2D eigenvalue weighted by Gasteiger charge is 2.35. The van der Waals surface area contributed by atoms with Crippen LogP contribution >= 0.6 is 38.7 Å². The molecule has 1 aromatic heterocycles. The molecule has 4 aromatic rings. The third-order valence-electron chi connectivity index (χ3n) is 5.98. The number of halogens is 2. The number of hydrogen-bond donors (Lipinski definition) is 2. The molecule has 0 aliphatic rings. The molecule has 0 aliphatic heterocycles. The summed E-state index contributed by atoms with van der Waals surface area (Å²) in [4.78, 5) is 28.0. The summed E-state index contributed by atoms with van der Waals surface area (Å²) < 4.78 is 58.8. The van der Waals surface area contributed by atoms with E-state index >= 15 is 0 Å². The van der Waals surface area contributed by atoms with Crippen LogP contribution < -0.4 is 28.3 Å². The van der Waals surface area contributed by atoms with Crippen LogP contribution in [0.1, 0.15) is 41.5 Å². The van der Waals surface area contributed by atoms with Crippen LogP contribution in [0.2, 0.25) is 10.0 Å². The number of rotatable bonds is 16. The summed E-state index contributed by atoms with van der Waals surface area (Å²) in [6, 6.07) is 23.0. The number of pyridine rings is 1. The maximum absolute atomic E-state index is 13.3. The van der Waals surface area contributed by atoms with Crippen molar-refractivity contribution in [1.29, 1.82) is 0 Å². The average molecular weight is 797 g/mol. The predicted octanol–water partition coefficient (Wildman–Crippen LogP) is 9.07. The third-order valence-corrected chi connectivity index (χ3v) is 9.63. The van der Waals surface area contributed by atoms with Gasteiger partial charge >= 0.3 is 27.4 Å². The number of carbonyl (C=O) groups excluding carboxylic acids is 2. The fourth-order valence-electron chi connectivity index (χ4n) is 3.88. The highest BCUT2D eigenvalue weighted by molar-refractivity contribution is 7.52. The molecule has 1 heterocycles. The summed E-state index contributed by atoms with van der Waals surface area (Å²) in [7, 11) is -7.93. The van der Waals surface area contributed by atoms with E-state index in [1.807, 2.05) is 0 Å². The molecule has 0 aliphatic carbocycles. The number of nitrogens with one attached hydrogen (secondary N) is 2. The van der Waals surface area contributed by atoms with E-state index < -0.39 is 39.5 Å². The van der Waals surface area contributed by atoms with Crippen molar-refractivity contribution >= 4 is 50.6 Å². The Morgan fingerprint density at radius 3 is 1.38 bits per heavy atom. The Labute approximate surface area is 313 Å². The Kier molecular flexibility index (Phi) is 16.5. The average Bonchev–Trinajstić information content (AvgIpc) is 3.05. The summed E-state index contributed by atoms with van der Waals surface area (Å²) in [6.45, 7) is 9.93. The number of ether oxygens (including phenoxy) is 2. The number of nitrogens with zero attached hydrogens (tertiary/aromatic N) is 1. The molecule has 0 saturated heterocycles. The first-order chi connectivity index (χ1) is 24.5. The van der Waals surface area contributed by atoms with Gasteiger partial charge in [0.05, 0.1) is 23.4 Å². The molecule has 3 aromatic carbocycles. The lowest BCUT2D eigenvalue weighted by atomic mass is 10.3. The highest BCUT2D eigenvalue weighted by atomic mass is 35.5. The molecule has 17 heteroatoms. The second-order valence-electron chi connectivity index (χ2n) is 11.5. The number of esters is 2. The molecule has 0 unspecified atom stereocenters. The van der Waals surface area contributed by atoms with Crippen molar-refractivity contribution in [1.82, 2.24) is 15.2 Å². The van der Waals surface area contributed by atoms with Gasteiger partial charge in [-0.2, -0.15) is 10.2 Å². The fourth-order valence-corrected chi connectivity index (χ4v) is 7.23. The molecule has 280 valence electrons. The molecule has 0 fully saturated rings. The monoisotopic (exact) mass is 795 g/mol. The molecule has 0 spiro atoms. The van der Waals surface area contributed by atoms with Crippen LogP contribution in [0.15, 0.2) is 103 Å². The van der Waals surface area contributed by atoms with Gasteiger partial charge in [0.25, 0.3) is 0 Å². The molecule has 2 N–H and O–H groups in total. The van der Waals surface area contributed by atoms with E-state index in [2.05, 4.69) is 15.2 Å². The largest absolute Gasteiger partial charge is 0.513 e. The first-order valence-electron chi connectivity index (χ1n) is 16.0. The van der Waals surface area contributed by atoms with Gasteiger partial charge in [0, 0.05) is 17.3 Å². The van der Waals surface area contributed by atoms with Crippen molar-refractivity contribution in [2.45, 2.75) is 65.8 Å². The molecular formula is C35H41Cl2N3O10P2. The number of hydrogen-bond acceptors (Lipinski definition) is 11. The molecule has 13 nitrogen and oxygen atoms in total. The summed E-state index contributed by atoms with van der Waals surface area (Å²) in [5, 5.41) is 5.91. The van der Waals surface area contributed by atoms with Crippen LogP contribution in [0.4, 0.5) is 0 Å². The van der Waals surface area contributed by atoms with E-state index in [-0.39, 0.29) is 23.7 Å².